The van der Waals surface area contributed by atoms with Gasteiger partial charge < -0.3 is 10.2 Å². The van der Waals surface area contributed by atoms with Gasteiger partial charge in [-0.2, -0.15) is 0 Å². The number of hydrogen-bond donors (Lipinski definition) is 1. The highest BCUT2D eigenvalue weighted by Gasteiger charge is 2.17. The highest BCUT2D eigenvalue weighted by Crippen LogP contribution is 2.18. The van der Waals surface area contributed by atoms with Crippen molar-refractivity contribution in [2.24, 2.45) is 5.92 Å². The van der Waals surface area contributed by atoms with Crippen LogP contribution >= 0.6 is 0 Å². The second-order valence-corrected chi connectivity index (χ2v) is 5.18. The van der Waals surface area contributed by atoms with Gasteiger partial charge in [0.2, 0.25) is 0 Å². The van der Waals surface area contributed by atoms with Gasteiger partial charge in [0.25, 0.3) is 0 Å². The Labute approximate surface area is 102 Å². The first kappa shape index (κ1) is 14.0. The fourth-order valence-corrected chi connectivity index (χ4v) is 2.69. The molecule has 1 fully saturated rings. The number of likely N-dealkylation sites (tertiary alicyclic amines) is 1. The molecule has 0 aromatic heterocycles. The minimum absolute atomic E-state index is 0.728. The van der Waals surface area contributed by atoms with Crippen LogP contribution in [0.15, 0.2) is 0 Å². The van der Waals surface area contributed by atoms with E-state index in [0.717, 1.165) is 12.0 Å². The van der Waals surface area contributed by atoms with Crippen LogP contribution in [0.1, 0.15) is 52.9 Å². The predicted molar refractivity (Wildman–Crippen MR) is 71.8 cm³/mol. The van der Waals surface area contributed by atoms with Crippen molar-refractivity contribution < 1.29 is 0 Å². The summed E-state index contributed by atoms with van der Waals surface area (Å²) < 4.78 is 0. The van der Waals surface area contributed by atoms with Crippen LogP contribution < -0.4 is 5.32 Å². The molecule has 0 aliphatic carbocycles. The molecule has 1 saturated heterocycles. The van der Waals surface area contributed by atoms with E-state index in [-0.39, 0.29) is 0 Å². The molecule has 1 rings (SSSR count). The van der Waals surface area contributed by atoms with Crippen molar-refractivity contribution in [1.29, 1.82) is 0 Å². The van der Waals surface area contributed by atoms with E-state index in [0.29, 0.717) is 0 Å². The molecular formula is C14H30N2. The van der Waals surface area contributed by atoms with Gasteiger partial charge >= 0.3 is 0 Å². The molecular weight excluding hydrogens is 196 g/mol. The van der Waals surface area contributed by atoms with Crippen LogP contribution in [0, 0.1) is 5.92 Å². The number of hydrogen-bond acceptors (Lipinski definition) is 2. The smallest absolute Gasteiger partial charge is 0.0107 e. The molecule has 0 aromatic carbocycles. The van der Waals surface area contributed by atoms with Gasteiger partial charge in [-0.1, -0.05) is 27.2 Å². The zero-order chi connectivity index (χ0) is 11.8. The van der Waals surface area contributed by atoms with E-state index in [2.05, 4.69) is 31.0 Å². The Hall–Kier alpha value is -0.0800. The van der Waals surface area contributed by atoms with E-state index in [4.69, 9.17) is 0 Å². The summed E-state index contributed by atoms with van der Waals surface area (Å²) in [6.45, 7) is 11.9. The number of nitrogens with zero attached hydrogens (tertiary/aromatic N) is 1. The third-order valence-corrected chi connectivity index (χ3v) is 4.03. The molecule has 1 atom stereocenters. The second-order valence-electron chi connectivity index (χ2n) is 5.18. The SMILES string of the molecule is CCC1CCCN(CCNC(CC)CC)C1. The Morgan fingerprint density at radius 2 is 2.00 bits per heavy atom. The van der Waals surface area contributed by atoms with Gasteiger partial charge in [-0.3, -0.25) is 0 Å². The van der Waals surface area contributed by atoms with Crippen molar-refractivity contribution >= 4 is 0 Å². The molecule has 1 unspecified atom stereocenters. The quantitative estimate of drug-likeness (QED) is 0.718. The summed E-state index contributed by atoms with van der Waals surface area (Å²) in [4.78, 5) is 2.65. The molecule has 0 spiro atoms. The van der Waals surface area contributed by atoms with Gasteiger partial charge in [0.15, 0.2) is 0 Å². The lowest BCUT2D eigenvalue weighted by molar-refractivity contribution is 0.170. The van der Waals surface area contributed by atoms with Gasteiger partial charge in [0.1, 0.15) is 0 Å². The number of rotatable bonds is 7. The standard InChI is InChI=1S/C14H30N2/c1-4-13-8-7-10-16(12-13)11-9-15-14(5-2)6-3/h13-15H,4-12H2,1-3H3. The minimum atomic E-state index is 0.728. The van der Waals surface area contributed by atoms with Crippen LogP contribution in [0.3, 0.4) is 0 Å². The molecule has 2 nitrogen and oxygen atoms in total. The molecule has 1 aliphatic rings. The van der Waals surface area contributed by atoms with E-state index in [9.17, 15) is 0 Å². The molecule has 0 saturated carbocycles. The maximum Gasteiger partial charge on any atom is 0.0107 e. The van der Waals surface area contributed by atoms with Crippen molar-refractivity contribution in [1.82, 2.24) is 10.2 Å². The average Bonchev–Trinajstić information content (AvgIpc) is 2.35. The third kappa shape index (κ3) is 4.84. The zero-order valence-corrected chi connectivity index (χ0v) is 11.5. The molecule has 1 heterocycles. The Balaban J connectivity index is 2.12. The first-order valence-electron chi connectivity index (χ1n) is 7.25. The van der Waals surface area contributed by atoms with Crippen LogP contribution in [0.25, 0.3) is 0 Å². The molecule has 16 heavy (non-hydrogen) atoms. The molecule has 0 aromatic rings. The lowest BCUT2D eigenvalue weighted by Gasteiger charge is -2.32. The second kappa shape index (κ2) is 8.08. The summed E-state index contributed by atoms with van der Waals surface area (Å²) in [7, 11) is 0. The Morgan fingerprint density at radius 1 is 1.25 bits per heavy atom. The Kier molecular flexibility index (Phi) is 7.06. The van der Waals surface area contributed by atoms with Crippen molar-refractivity contribution in [3.63, 3.8) is 0 Å². The summed E-state index contributed by atoms with van der Waals surface area (Å²) in [6, 6.07) is 0.728. The summed E-state index contributed by atoms with van der Waals surface area (Å²) in [5.74, 6) is 0.960. The molecule has 0 bridgehead atoms. The van der Waals surface area contributed by atoms with Gasteiger partial charge in [-0.15, -0.1) is 0 Å². The Morgan fingerprint density at radius 3 is 2.62 bits per heavy atom. The maximum absolute atomic E-state index is 3.66. The van der Waals surface area contributed by atoms with Crippen molar-refractivity contribution in [2.45, 2.75) is 58.9 Å². The number of nitrogens with one attached hydrogen (secondary N) is 1. The highest BCUT2D eigenvalue weighted by atomic mass is 15.1. The Bertz CT molecular complexity index is 166. The van der Waals surface area contributed by atoms with E-state index < -0.39 is 0 Å². The van der Waals surface area contributed by atoms with Gasteiger partial charge in [-0.25, -0.2) is 0 Å². The molecule has 1 aliphatic heterocycles. The fourth-order valence-electron chi connectivity index (χ4n) is 2.69. The summed E-state index contributed by atoms with van der Waals surface area (Å²) in [5.41, 5.74) is 0. The monoisotopic (exact) mass is 226 g/mol. The average molecular weight is 226 g/mol. The lowest BCUT2D eigenvalue weighted by atomic mass is 9.96. The van der Waals surface area contributed by atoms with Gasteiger partial charge in [0.05, 0.1) is 0 Å². The normalized spacial score (nSPS) is 22.9. The van der Waals surface area contributed by atoms with E-state index in [1.54, 1.807) is 0 Å². The van der Waals surface area contributed by atoms with E-state index in [1.807, 2.05) is 0 Å². The summed E-state index contributed by atoms with van der Waals surface area (Å²) in [5, 5.41) is 3.66. The van der Waals surface area contributed by atoms with Crippen molar-refractivity contribution in [3.05, 3.63) is 0 Å². The molecule has 0 radical (unpaired) electrons. The summed E-state index contributed by atoms with van der Waals surface area (Å²) in [6.07, 6.45) is 6.73. The van der Waals surface area contributed by atoms with E-state index >= 15 is 0 Å². The van der Waals surface area contributed by atoms with Crippen LogP contribution in [-0.2, 0) is 0 Å². The van der Waals surface area contributed by atoms with Crippen LogP contribution in [0.5, 0.6) is 0 Å². The van der Waals surface area contributed by atoms with Gasteiger partial charge in [-0.05, 0) is 38.1 Å². The number of piperidine rings is 1. The highest BCUT2D eigenvalue weighted by molar-refractivity contribution is 4.73. The molecule has 1 N–H and O–H groups in total. The van der Waals surface area contributed by atoms with Crippen molar-refractivity contribution in [2.75, 3.05) is 26.2 Å². The van der Waals surface area contributed by atoms with E-state index in [1.165, 1.54) is 58.3 Å². The fraction of sp³-hybridized carbons (Fsp3) is 1.00. The topological polar surface area (TPSA) is 15.3 Å². The molecule has 96 valence electrons. The predicted octanol–water partition coefficient (Wildman–Crippen LogP) is 2.89. The lowest BCUT2D eigenvalue weighted by Crippen LogP contribution is -2.41. The van der Waals surface area contributed by atoms with Crippen LogP contribution in [-0.4, -0.2) is 37.1 Å². The summed E-state index contributed by atoms with van der Waals surface area (Å²) >= 11 is 0. The molecule has 0 amide bonds. The first-order chi connectivity index (χ1) is 7.80. The third-order valence-electron chi connectivity index (χ3n) is 4.03. The molecule has 2 heteroatoms. The first-order valence-corrected chi connectivity index (χ1v) is 7.25. The largest absolute Gasteiger partial charge is 0.313 e. The maximum atomic E-state index is 3.66. The minimum Gasteiger partial charge on any atom is -0.313 e. The zero-order valence-electron chi connectivity index (χ0n) is 11.5. The van der Waals surface area contributed by atoms with Gasteiger partial charge in [0, 0.05) is 25.7 Å². The van der Waals surface area contributed by atoms with Crippen molar-refractivity contribution in [3.8, 4) is 0 Å². The van der Waals surface area contributed by atoms with Crippen LogP contribution in [0.4, 0.5) is 0 Å². The van der Waals surface area contributed by atoms with Crippen LogP contribution in [0.2, 0.25) is 0 Å².